The Balaban J connectivity index is 2.17. The lowest BCUT2D eigenvalue weighted by Gasteiger charge is -2.14. The molecule has 0 aliphatic heterocycles. The largest absolute Gasteiger partial charge is 0.469 e. The summed E-state index contributed by atoms with van der Waals surface area (Å²) in [5.41, 5.74) is 0.181. The Hall–Kier alpha value is -1.83. The molecule has 124 valence electrons. The van der Waals surface area contributed by atoms with Gasteiger partial charge in [0.2, 0.25) is 10.0 Å². The second kappa shape index (κ2) is 7.16. The van der Waals surface area contributed by atoms with Crippen LogP contribution in [0, 0.1) is 0 Å². The molecule has 8 heteroatoms. The predicted molar refractivity (Wildman–Crippen MR) is 85.0 cm³/mol. The highest BCUT2D eigenvalue weighted by atomic mass is 35.5. The highest BCUT2D eigenvalue weighted by Gasteiger charge is 2.22. The monoisotopic (exact) mass is 357 g/mol. The SMILES string of the molecule is COC(=O)c1ccc(S(=O)(=O)NC(C)Cc2ccco2)c(Cl)c1. The molecule has 0 aliphatic carbocycles. The number of hydrogen-bond acceptors (Lipinski definition) is 5. The summed E-state index contributed by atoms with van der Waals surface area (Å²) in [6.07, 6.45) is 1.93. The minimum Gasteiger partial charge on any atom is -0.469 e. The van der Waals surface area contributed by atoms with Crippen LogP contribution in [0.4, 0.5) is 0 Å². The fourth-order valence-corrected chi connectivity index (χ4v) is 3.85. The maximum atomic E-state index is 12.4. The van der Waals surface area contributed by atoms with Gasteiger partial charge in [0, 0.05) is 12.5 Å². The van der Waals surface area contributed by atoms with E-state index in [2.05, 4.69) is 9.46 Å². The molecule has 23 heavy (non-hydrogen) atoms. The van der Waals surface area contributed by atoms with E-state index in [9.17, 15) is 13.2 Å². The molecule has 0 aliphatic rings. The Morgan fingerprint density at radius 2 is 2.13 bits per heavy atom. The molecule has 0 spiro atoms. The van der Waals surface area contributed by atoms with Crippen molar-refractivity contribution in [2.75, 3.05) is 7.11 Å². The fraction of sp³-hybridized carbons (Fsp3) is 0.267. The highest BCUT2D eigenvalue weighted by Crippen LogP contribution is 2.23. The van der Waals surface area contributed by atoms with Gasteiger partial charge in [0.25, 0.3) is 0 Å². The molecule has 1 N–H and O–H groups in total. The van der Waals surface area contributed by atoms with E-state index < -0.39 is 16.0 Å². The number of ether oxygens (including phenoxy) is 1. The van der Waals surface area contributed by atoms with Gasteiger partial charge in [-0.1, -0.05) is 11.6 Å². The zero-order valence-corrected chi connectivity index (χ0v) is 14.1. The van der Waals surface area contributed by atoms with E-state index in [1.807, 2.05) is 0 Å². The number of methoxy groups -OCH3 is 1. The van der Waals surface area contributed by atoms with E-state index in [0.29, 0.717) is 12.2 Å². The molecule has 2 aromatic rings. The summed E-state index contributed by atoms with van der Waals surface area (Å²) in [5.74, 6) is 0.0855. The smallest absolute Gasteiger partial charge is 0.337 e. The van der Waals surface area contributed by atoms with Crippen LogP contribution in [0.15, 0.2) is 45.9 Å². The molecule has 1 atom stereocenters. The van der Waals surface area contributed by atoms with Crippen LogP contribution in [0.25, 0.3) is 0 Å². The van der Waals surface area contributed by atoms with Crippen molar-refractivity contribution in [3.05, 3.63) is 52.9 Å². The van der Waals surface area contributed by atoms with Crippen molar-refractivity contribution in [1.82, 2.24) is 4.72 Å². The fourth-order valence-electron chi connectivity index (χ4n) is 2.06. The summed E-state index contributed by atoms with van der Waals surface area (Å²) >= 11 is 6.00. The van der Waals surface area contributed by atoms with Gasteiger partial charge in [0.1, 0.15) is 10.7 Å². The first-order valence-electron chi connectivity index (χ1n) is 6.76. The van der Waals surface area contributed by atoms with E-state index in [4.69, 9.17) is 16.0 Å². The Labute approximate surface area is 139 Å². The van der Waals surface area contributed by atoms with E-state index in [1.165, 1.54) is 31.6 Å². The first-order chi connectivity index (χ1) is 10.8. The van der Waals surface area contributed by atoms with Crippen molar-refractivity contribution in [3.63, 3.8) is 0 Å². The van der Waals surface area contributed by atoms with Gasteiger partial charge in [0.15, 0.2) is 0 Å². The number of carbonyl (C=O) groups is 1. The number of furan rings is 1. The Kier molecular flexibility index (Phi) is 5.46. The molecule has 1 unspecified atom stereocenters. The normalized spacial score (nSPS) is 12.8. The Morgan fingerprint density at radius 1 is 1.39 bits per heavy atom. The first-order valence-corrected chi connectivity index (χ1v) is 8.62. The lowest BCUT2D eigenvalue weighted by atomic mass is 10.2. The second-order valence-corrected chi connectivity index (χ2v) is 7.03. The van der Waals surface area contributed by atoms with Crippen LogP contribution in [0.2, 0.25) is 5.02 Å². The predicted octanol–water partition coefficient (Wildman–Crippen LogP) is 2.63. The van der Waals surface area contributed by atoms with Crippen LogP contribution in [-0.4, -0.2) is 27.5 Å². The Bertz CT molecular complexity index is 786. The molecule has 0 amide bonds. The van der Waals surface area contributed by atoms with Crippen molar-refractivity contribution in [2.45, 2.75) is 24.3 Å². The topological polar surface area (TPSA) is 85.6 Å². The summed E-state index contributed by atoms with van der Waals surface area (Å²) in [6.45, 7) is 1.72. The van der Waals surface area contributed by atoms with Crippen LogP contribution < -0.4 is 4.72 Å². The second-order valence-electron chi connectivity index (χ2n) is 4.94. The average molecular weight is 358 g/mol. The van der Waals surface area contributed by atoms with Gasteiger partial charge in [-0.25, -0.2) is 17.9 Å². The lowest BCUT2D eigenvalue weighted by molar-refractivity contribution is 0.0600. The number of halogens is 1. The third-order valence-corrected chi connectivity index (χ3v) is 5.16. The Morgan fingerprint density at radius 3 is 2.70 bits per heavy atom. The number of benzene rings is 1. The number of hydrogen-bond donors (Lipinski definition) is 1. The minimum absolute atomic E-state index is 0.0504. The van der Waals surface area contributed by atoms with Gasteiger partial charge in [-0.2, -0.15) is 0 Å². The molecule has 6 nitrogen and oxygen atoms in total. The molecular formula is C15H16ClNO5S. The van der Waals surface area contributed by atoms with E-state index in [1.54, 1.807) is 19.1 Å². The van der Waals surface area contributed by atoms with Crippen molar-refractivity contribution in [2.24, 2.45) is 0 Å². The maximum absolute atomic E-state index is 12.4. The van der Waals surface area contributed by atoms with Gasteiger partial charge in [-0.05, 0) is 37.3 Å². The standard InChI is InChI=1S/C15H16ClNO5S/c1-10(8-12-4-3-7-22-12)17-23(19,20)14-6-5-11(9-13(14)16)15(18)21-2/h3-7,9-10,17H,8H2,1-2H3. The maximum Gasteiger partial charge on any atom is 0.337 e. The summed E-state index contributed by atoms with van der Waals surface area (Å²) in [7, 11) is -2.58. The molecule has 2 rings (SSSR count). The van der Waals surface area contributed by atoms with Crippen molar-refractivity contribution < 1.29 is 22.4 Å². The number of esters is 1. The zero-order valence-electron chi connectivity index (χ0n) is 12.6. The highest BCUT2D eigenvalue weighted by molar-refractivity contribution is 7.89. The van der Waals surface area contributed by atoms with Crippen LogP contribution >= 0.6 is 11.6 Å². The van der Waals surface area contributed by atoms with Gasteiger partial charge in [-0.15, -0.1) is 0 Å². The van der Waals surface area contributed by atoms with Crippen LogP contribution in [-0.2, 0) is 21.2 Å². The quantitative estimate of drug-likeness (QED) is 0.803. The molecular weight excluding hydrogens is 342 g/mol. The van der Waals surface area contributed by atoms with Crippen molar-refractivity contribution in [3.8, 4) is 0 Å². The molecule has 1 aromatic carbocycles. The van der Waals surface area contributed by atoms with Gasteiger partial charge in [0.05, 0.1) is 24.0 Å². The van der Waals surface area contributed by atoms with Crippen LogP contribution in [0.5, 0.6) is 0 Å². The van der Waals surface area contributed by atoms with Crippen molar-refractivity contribution >= 4 is 27.6 Å². The molecule has 0 saturated heterocycles. The number of rotatable bonds is 6. The van der Waals surface area contributed by atoms with E-state index in [0.717, 1.165) is 0 Å². The van der Waals surface area contributed by atoms with Crippen LogP contribution in [0.3, 0.4) is 0 Å². The molecule has 0 bridgehead atoms. The summed E-state index contributed by atoms with van der Waals surface area (Å²) < 4.78 is 37.1. The third kappa shape index (κ3) is 4.34. The summed E-state index contributed by atoms with van der Waals surface area (Å²) in [5, 5.41) is -0.0504. The first kappa shape index (κ1) is 17.5. The third-order valence-electron chi connectivity index (χ3n) is 3.09. The number of sulfonamides is 1. The lowest BCUT2D eigenvalue weighted by Crippen LogP contribution is -2.34. The van der Waals surface area contributed by atoms with Crippen molar-refractivity contribution in [1.29, 1.82) is 0 Å². The van der Waals surface area contributed by atoms with E-state index in [-0.39, 0.29) is 21.5 Å². The van der Waals surface area contributed by atoms with Gasteiger partial charge < -0.3 is 9.15 Å². The molecule has 0 radical (unpaired) electrons. The van der Waals surface area contributed by atoms with E-state index >= 15 is 0 Å². The molecule has 0 fully saturated rings. The van der Waals surface area contributed by atoms with Gasteiger partial charge >= 0.3 is 5.97 Å². The number of nitrogens with one attached hydrogen (secondary N) is 1. The summed E-state index contributed by atoms with van der Waals surface area (Å²) in [4.78, 5) is 11.3. The summed E-state index contributed by atoms with van der Waals surface area (Å²) in [6, 6.07) is 7.00. The van der Waals surface area contributed by atoms with Crippen LogP contribution in [0.1, 0.15) is 23.0 Å². The number of carbonyl (C=O) groups excluding carboxylic acids is 1. The molecule has 1 heterocycles. The minimum atomic E-state index is -3.82. The van der Waals surface area contributed by atoms with Gasteiger partial charge in [-0.3, -0.25) is 0 Å². The zero-order chi connectivity index (χ0) is 17.0. The average Bonchev–Trinajstić information content (AvgIpc) is 2.98. The molecule has 1 aromatic heterocycles. The molecule has 0 saturated carbocycles.